The number of benzene rings is 2. The summed E-state index contributed by atoms with van der Waals surface area (Å²) in [6.45, 7) is 3.76. The van der Waals surface area contributed by atoms with Gasteiger partial charge in [0.15, 0.2) is 11.2 Å². The van der Waals surface area contributed by atoms with E-state index in [1.165, 1.54) is 13.2 Å². The Balaban J connectivity index is 2.03. The number of hydrogen-bond acceptors (Lipinski definition) is 4. The first-order chi connectivity index (χ1) is 11.5. The highest BCUT2D eigenvalue weighted by Gasteiger charge is 2.15. The van der Waals surface area contributed by atoms with Crippen molar-refractivity contribution >= 4 is 22.6 Å². The van der Waals surface area contributed by atoms with Crippen LogP contribution in [0.3, 0.4) is 0 Å². The third-order valence-corrected chi connectivity index (χ3v) is 3.75. The Morgan fingerprint density at radius 1 is 1.12 bits per heavy atom. The summed E-state index contributed by atoms with van der Waals surface area (Å²) in [6.07, 6.45) is 0. The van der Waals surface area contributed by atoms with Crippen LogP contribution < -0.4 is 15.5 Å². The Hall–Kier alpha value is -3.08. The molecule has 1 N–H and O–H groups in total. The van der Waals surface area contributed by atoms with Gasteiger partial charge in [-0.2, -0.15) is 0 Å². The molecule has 1 aromatic heterocycles. The summed E-state index contributed by atoms with van der Waals surface area (Å²) in [5.41, 5.74) is 2.47. The molecular weight excluding hydrogens is 306 g/mol. The van der Waals surface area contributed by atoms with Crippen molar-refractivity contribution in [1.29, 1.82) is 0 Å². The van der Waals surface area contributed by atoms with Gasteiger partial charge in [0.1, 0.15) is 11.3 Å². The minimum Gasteiger partial charge on any atom is -0.495 e. The number of rotatable bonds is 3. The predicted molar refractivity (Wildman–Crippen MR) is 92.9 cm³/mol. The van der Waals surface area contributed by atoms with Crippen molar-refractivity contribution in [3.63, 3.8) is 0 Å². The highest BCUT2D eigenvalue weighted by molar-refractivity contribution is 6.03. The van der Waals surface area contributed by atoms with Gasteiger partial charge in [-0.15, -0.1) is 0 Å². The van der Waals surface area contributed by atoms with Crippen molar-refractivity contribution in [2.24, 2.45) is 0 Å². The highest BCUT2D eigenvalue weighted by Crippen LogP contribution is 2.24. The van der Waals surface area contributed by atoms with Gasteiger partial charge in [0.25, 0.3) is 5.91 Å². The SMILES string of the molecule is COc1ccccc1NC(=O)c1cc(=O)c2c(C)cc(C)cc2o1. The molecule has 3 rings (SSSR count). The summed E-state index contributed by atoms with van der Waals surface area (Å²) in [7, 11) is 1.52. The Labute approximate surface area is 138 Å². The first-order valence-electron chi connectivity index (χ1n) is 7.49. The maximum atomic E-state index is 12.4. The van der Waals surface area contributed by atoms with E-state index in [1.54, 1.807) is 30.3 Å². The van der Waals surface area contributed by atoms with Crippen LogP contribution in [0.4, 0.5) is 5.69 Å². The molecule has 0 aliphatic carbocycles. The van der Waals surface area contributed by atoms with Gasteiger partial charge in [-0.25, -0.2) is 0 Å². The number of para-hydroxylation sites is 2. The number of amides is 1. The molecule has 0 aliphatic heterocycles. The van der Waals surface area contributed by atoms with Crippen molar-refractivity contribution in [2.75, 3.05) is 12.4 Å². The van der Waals surface area contributed by atoms with Crippen LogP contribution in [0, 0.1) is 13.8 Å². The molecule has 24 heavy (non-hydrogen) atoms. The van der Waals surface area contributed by atoms with Crippen LogP contribution in [-0.2, 0) is 0 Å². The van der Waals surface area contributed by atoms with E-state index in [-0.39, 0.29) is 11.2 Å². The largest absolute Gasteiger partial charge is 0.495 e. The van der Waals surface area contributed by atoms with Crippen LogP contribution in [0.25, 0.3) is 11.0 Å². The van der Waals surface area contributed by atoms with Crippen LogP contribution in [0.1, 0.15) is 21.7 Å². The number of carbonyl (C=O) groups excluding carboxylic acids is 1. The molecule has 0 aliphatic rings. The standard InChI is InChI=1S/C19H17NO4/c1-11-8-12(2)18-14(21)10-17(24-16(18)9-11)19(22)20-13-6-4-5-7-15(13)23-3/h4-10H,1-3H3,(H,20,22). The molecule has 0 bridgehead atoms. The monoisotopic (exact) mass is 323 g/mol. The molecule has 5 nitrogen and oxygen atoms in total. The van der Waals surface area contributed by atoms with Crippen molar-refractivity contribution in [2.45, 2.75) is 13.8 Å². The van der Waals surface area contributed by atoms with E-state index in [2.05, 4.69) is 5.32 Å². The molecular formula is C19H17NO4. The minimum absolute atomic E-state index is 0.0385. The second-order valence-electron chi connectivity index (χ2n) is 5.58. The number of fused-ring (bicyclic) bond motifs is 1. The van der Waals surface area contributed by atoms with E-state index < -0.39 is 5.91 Å². The number of anilines is 1. The van der Waals surface area contributed by atoms with Gasteiger partial charge in [-0.3, -0.25) is 9.59 Å². The Kier molecular flexibility index (Phi) is 4.08. The molecule has 0 spiro atoms. The molecule has 0 atom stereocenters. The Bertz CT molecular complexity index is 988. The number of methoxy groups -OCH3 is 1. The van der Waals surface area contributed by atoms with E-state index in [0.29, 0.717) is 22.4 Å². The van der Waals surface area contributed by atoms with Gasteiger partial charge in [-0.05, 0) is 43.2 Å². The molecule has 0 saturated heterocycles. The zero-order valence-electron chi connectivity index (χ0n) is 13.7. The topological polar surface area (TPSA) is 68.5 Å². The summed E-state index contributed by atoms with van der Waals surface area (Å²) in [5.74, 6) is -0.0123. The molecule has 1 heterocycles. The van der Waals surface area contributed by atoms with Crippen molar-refractivity contribution in [1.82, 2.24) is 0 Å². The quantitative estimate of drug-likeness (QED) is 0.798. The van der Waals surface area contributed by atoms with Gasteiger partial charge in [-0.1, -0.05) is 18.2 Å². The first kappa shape index (κ1) is 15.8. The van der Waals surface area contributed by atoms with Crippen LogP contribution in [-0.4, -0.2) is 13.0 Å². The molecule has 0 saturated carbocycles. The van der Waals surface area contributed by atoms with E-state index in [1.807, 2.05) is 19.9 Å². The highest BCUT2D eigenvalue weighted by atomic mass is 16.5. The minimum atomic E-state index is -0.502. The Morgan fingerprint density at radius 3 is 2.62 bits per heavy atom. The zero-order valence-corrected chi connectivity index (χ0v) is 13.7. The molecule has 5 heteroatoms. The number of aryl methyl sites for hydroxylation is 2. The maximum absolute atomic E-state index is 12.4. The lowest BCUT2D eigenvalue weighted by Crippen LogP contribution is -2.15. The predicted octanol–water partition coefficient (Wildman–Crippen LogP) is 3.67. The summed E-state index contributed by atoms with van der Waals surface area (Å²) < 4.78 is 10.9. The summed E-state index contributed by atoms with van der Waals surface area (Å²) in [5, 5.41) is 3.20. The lowest BCUT2D eigenvalue weighted by molar-refractivity contribution is 0.0997. The van der Waals surface area contributed by atoms with E-state index in [4.69, 9.17) is 9.15 Å². The Morgan fingerprint density at radius 2 is 1.88 bits per heavy atom. The normalized spacial score (nSPS) is 10.6. The van der Waals surface area contributed by atoms with Crippen LogP contribution in [0.5, 0.6) is 5.75 Å². The molecule has 3 aromatic rings. The number of nitrogens with one attached hydrogen (secondary N) is 1. The average molecular weight is 323 g/mol. The molecule has 1 amide bonds. The van der Waals surface area contributed by atoms with Crippen molar-refractivity contribution < 1.29 is 13.9 Å². The average Bonchev–Trinajstić information content (AvgIpc) is 2.54. The molecule has 0 fully saturated rings. The van der Waals surface area contributed by atoms with Gasteiger partial charge >= 0.3 is 0 Å². The van der Waals surface area contributed by atoms with E-state index in [0.717, 1.165) is 11.1 Å². The lowest BCUT2D eigenvalue weighted by Gasteiger charge is -2.10. The van der Waals surface area contributed by atoms with Crippen LogP contribution in [0.15, 0.2) is 51.7 Å². The molecule has 2 aromatic carbocycles. The van der Waals surface area contributed by atoms with Gasteiger partial charge in [0.2, 0.25) is 0 Å². The number of hydrogen-bond donors (Lipinski definition) is 1. The summed E-state index contributed by atoms with van der Waals surface area (Å²) >= 11 is 0. The van der Waals surface area contributed by atoms with Gasteiger partial charge in [0.05, 0.1) is 18.2 Å². The van der Waals surface area contributed by atoms with Gasteiger partial charge in [0, 0.05) is 6.07 Å². The maximum Gasteiger partial charge on any atom is 0.291 e. The second kappa shape index (κ2) is 6.20. The van der Waals surface area contributed by atoms with Crippen LogP contribution >= 0.6 is 0 Å². The van der Waals surface area contributed by atoms with Crippen molar-refractivity contribution in [3.8, 4) is 5.75 Å². The number of carbonyl (C=O) groups is 1. The number of ether oxygens (including phenoxy) is 1. The van der Waals surface area contributed by atoms with E-state index in [9.17, 15) is 9.59 Å². The third-order valence-electron chi connectivity index (χ3n) is 3.75. The van der Waals surface area contributed by atoms with E-state index >= 15 is 0 Å². The summed E-state index contributed by atoms with van der Waals surface area (Å²) in [4.78, 5) is 24.8. The fraction of sp³-hybridized carbons (Fsp3) is 0.158. The lowest BCUT2D eigenvalue weighted by atomic mass is 10.1. The molecule has 122 valence electrons. The summed E-state index contributed by atoms with van der Waals surface area (Å²) in [6, 6.07) is 11.9. The second-order valence-corrected chi connectivity index (χ2v) is 5.58. The smallest absolute Gasteiger partial charge is 0.291 e. The molecule has 0 radical (unpaired) electrons. The first-order valence-corrected chi connectivity index (χ1v) is 7.49. The van der Waals surface area contributed by atoms with Crippen molar-refractivity contribution in [3.05, 3.63) is 69.6 Å². The van der Waals surface area contributed by atoms with Gasteiger partial charge < -0.3 is 14.5 Å². The fourth-order valence-electron chi connectivity index (χ4n) is 2.71. The zero-order chi connectivity index (χ0) is 17.3. The fourth-order valence-corrected chi connectivity index (χ4v) is 2.71. The van der Waals surface area contributed by atoms with Crippen LogP contribution in [0.2, 0.25) is 0 Å². The molecule has 0 unspecified atom stereocenters. The third kappa shape index (κ3) is 2.88.